The average Bonchev–Trinajstić information content (AvgIpc) is 2.54. The number of piperazine rings is 1. The number of benzene rings is 1. The standard InChI is InChI=1S/C18H19Cl2N3O3/c1-18(2,3)26-17(25)22-6-7-23(15(24)10-22)12-4-5-14-11(8-12)9-13(19)16(20)21-14/h4-5,8-9H,6-7,10H2,1-3H3. The predicted molar refractivity (Wildman–Crippen MR) is 102 cm³/mol. The van der Waals surface area contributed by atoms with Gasteiger partial charge in [0.25, 0.3) is 0 Å². The number of anilines is 1. The summed E-state index contributed by atoms with van der Waals surface area (Å²) in [5.41, 5.74) is 0.831. The summed E-state index contributed by atoms with van der Waals surface area (Å²) in [5.74, 6) is -0.172. The fourth-order valence-electron chi connectivity index (χ4n) is 2.71. The fraction of sp³-hybridized carbons (Fsp3) is 0.389. The number of nitrogens with zero attached hydrogens (tertiary/aromatic N) is 3. The molecule has 0 aliphatic carbocycles. The summed E-state index contributed by atoms with van der Waals surface area (Å²) in [7, 11) is 0. The van der Waals surface area contributed by atoms with Gasteiger partial charge in [0.15, 0.2) is 0 Å². The Morgan fingerprint density at radius 1 is 1.19 bits per heavy atom. The highest BCUT2D eigenvalue weighted by molar-refractivity contribution is 6.41. The van der Waals surface area contributed by atoms with Crippen molar-refractivity contribution in [1.29, 1.82) is 0 Å². The first-order chi connectivity index (χ1) is 12.1. The molecule has 1 aliphatic rings. The van der Waals surface area contributed by atoms with E-state index in [9.17, 15) is 9.59 Å². The molecule has 0 atom stereocenters. The third-order valence-electron chi connectivity index (χ3n) is 3.89. The number of hydrogen-bond donors (Lipinski definition) is 0. The number of hydrogen-bond acceptors (Lipinski definition) is 4. The van der Waals surface area contributed by atoms with Crippen LogP contribution in [-0.4, -0.2) is 47.1 Å². The molecule has 8 heteroatoms. The summed E-state index contributed by atoms with van der Waals surface area (Å²) in [4.78, 5) is 32.0. The third kappa shape index (κ3) is 4.02. The number of fused-ring (bicyclic) bond motifs is 1. The normalized spacial score (nSPS) is 15.5. The molecule has 26 heavy (non-hydrogen) atoms. The van der Waals surface area contributed by atoms with Gasteiger partial charge in [-0.25, -0.2) is 9.78 Å². The van der Waals surface area contributed by atoms with Gasteiger partial charge in [0.1, 0.15) is 17.3 Å². The van der Waals surface area contributed by atoms with Gasteiger partial charge in [-0.2, -0.15) is 0 Å². The average molecular weight is 396 g/mol. The van der Waals surface area contributed by atoms with Crippen LogP contribution >= 0.6 is 23.2 Å². The summed E-state index contributed by atoms with van der Waals surface area (Å²) in [5, 5.41) is 1.39. The number of halogens is 2. The van der Waals surface area contributed by atoms with Crippen LogP contribution in [0.15, 0.2) is 24.3 Å². The molecule has 0 saturated carbocycles. The van der Waals surface area contributed by atoms with Crippen LogP contribution in [0.25, 0.3) is 10.9 Å². The number of amides is 2. The Kier molecular flexibility index (Phi) is 4.99. The molecule has 2 amide bonds. The number of pyridine rings is 1. The molecule has 0 N–H and O–H groups in total. The van der Waals surface area contributed by atoms with E-state index in [1.807, 2.05) is 6.07 Å². The van der Waals surface area contributed by atoms with Crippen LogP contribution in [0.2, 0.25) is 10.2 Å². The summed E-state index contributed by atoms with van der Waals surface area (Å²) in [6.45, 7) is 6.15. The minimum atomic E-state index is -0.594. The topological polar surface area (TPSA) is 62.7 Å². The van der Waals surface area contributed by atoms with Crippen molar-refractivity contribution in [3.8, 4) is 0 Å². The summed E-state index contributed by atoms with van der Waals surface area (Å²) < 4.78 is 5.33. The van der Waals surface area contributed by atoms with Gasteiger partial charge in [-0.1, -0.05) is 23.2 Å². The van der Waals surface area contributed by atoms with E-state index in [0.29, 0.717) is 23.6 Å². The monoisotopic (exact) mass is 395 g/mol. The zero-order valence-corrected chi connectivity index (χ0v) is 16.3. The molecule has 1 aromatic carbocycles. The highest BCUT2D eigenvalue weighted by atomic mass is 35.5. The van der Waals surface area contributed by atoms with Crippen molar-refractivity contribution < 1.29 is 14.3 Å². The van der Waals surface area contributed by atoms with Crippen molar-refractivity contribution in [2.75, 3.05) is 24.5 Å². The van der Waals surface area contributed by atoms with Gasteiger partial charge in [0, 0.05) is 24.2 Å². The summed E-state index contributed by atoms with van der Waals surface area (Å²) in [6, 6.07) is 7.16. The van der Waals surface area contributed by atoms with Crippen LogP contribution in [0.5, 0.6) is 0 Å². The number of rotatable bonds is 1. The van der Waals surface area contributed by atoms with Crippen molar-refractivity contribution >= 4 is 51.8 Å². The van der Waals surface area contributed by atoms with Gasteiger partial charge in [0.05, 0.1) is 10.5 Å². The lowest BCUT2D eigenvalue weighted by atomic mass is 10.1. The molecular weight excluding hydrogens is 377 g/mol. The molecule has 3 rings (SSSR count). The second-order valence-corrected chi connectivity index (χ2v) is 7.85. The molecule has 6 nitrogen and oxygen atoms in total. The largest absolute Gasteiger partial charge is 0.444 e. The molecule has 0 unspecified atom stereocenters. The lowest BCUT2D eigenvalue weighted by Gasteiger charge is -2.35. The Morgan fingerprint density at radius 3 is 2.58 bits per heavy atom. The second-order valence-electron chi connectivity index (χ2n) is 7.09. The van der Waals surface area contributed by atoms with E-state index in [1.165, 1.54) is 4.90 Å². The Labute approximate surface area is 161 Å². The molecule has 1 aliphatic heterocycles. The highest BCUT2D eigenvalue weighted by Gasteiger charge is 2.31. The lowest BCUT2D eigenvalue weighted by molar-refractivity contribution is -0.121. The van der Waals surface area contributed by atoms with Gasteiger partial charge in [-0.15, -0.1) is 0 Å². The van der Waals surface area contributed by atoms with Crippen LogP contribution in [0.4, 0.5) is 10.5 Å². The molecule has 2 aromatic rings. The maximum atomic E-state index is 12.5. The second kappa shape index (κ2) is 6.93. The molecule has 2 heterocycles. The maximum Gasteiger partial charge on any atom is 0.410 e. The SMILES string of the molecule is CC(C)(C)OC(=O)N1CCN(c2ccc3nc(Cl)c(Cl)cc3c2)C(=O)C1. The molecule has 0 spiro atoms. The lowest BCUT2D eigenvalue weighted by Crippen LogP contribution is -2.53. The van der Waals surface area contributed by atoms with Crippen molar-refractivity contribution in [3.63, 3.8) is 0 Å². The fourth-order valence-corrected chi connectivity index (χ4v) is 3.02. The van der Waals surface area contributed by atoms with Crippen LogP contribution in [0.3, 0.4) is 0 Å². The molecule has 138 valence electrons. The Morgan fingerprint density at radius 2 is 1.92 bits per heavy atom. The molecule has 0 bridgehead atoms. The summed E-state index contributed by atoms with van der Waals surface area (Å²) >= 11 is 12.0. The van der Waals surface area contributed by atoms with E-state index in [4.69, 9.17) is 27.9 Å². The molecule has 0 radical (unpaired) electrons. The van der Waals surface area contributed by atoms with Crippen LogP contribution in [0.1, 0.15) is 20.8 Å². The van der Waals surface area contributed by atoms with E-state index in [0.717, 1.165) is 11.1 Å². The van der Waals surface area contributed by atoms with Crippen molar-refractivity contribution in [2.45, 2.75) is 26.4 Å². The minimum absolute atomic E-state index is 0.0213. The zero-order chi connectivity index (χ0) is 19.1. The van der Waals surface area contributed by atoms with E-state index in [-0.39, 0.29) is 17.6 Å². The van der Waals surface area contributed by atoms with Gasteiger partial charge in [-0.05, 0) is 45.0 Å². The molecule has 1 fully saturated rings. The Balaban J connectivity index is 1.77. The summed E-state index contributed by atoms with van der Waals surface area (Å²) in [6.07, 6.45) is -0.477. The first kappa shape index (κ1) is 18.7. The van der Waals surface area contributed by atoms with Crippen molar-refractivity contribution in [1.82, 2.24) is 9.88 Å². The van der Waals surface area contributed by atoms with Gasteiger partial charge >= 0.3 is 6.09 Å². The van der Waals surface area contributed by atoms with Gasteiger partial charge in [0.2, 0.25) is 5.91 Å². The third-order valence-corrected chi connectivity index (χ3v) is 4.57. The number of ether oxygens (including phenoxy) is 1. The minimum Gasteiger partial charge on any atom is -0.444 e. The zero-order valence-electron chi connectivity index (χ0n) is 14.8. The number of aromatic nitrogens is 1. The van der Waals surface area contributed by atoms with Crippen LogP contribution < -0.4 is 4.90 Å². The molecule has 1 saturated heterocycles. The van der Waals surface area contributed by atoms with Crippen LogP contribution in [0, 0.1) is 0 Å². The highest BCUT2D eigenvalue weighted by Crippen LogP contribution is 2.28. The quantitative estimate of drug-likeness (QED) is 0.681. The van der Waals surface area contributed by atoms with E-state index in [1.54, 1.807) is 43.9 Å². The Hall–Kier alpha value is -2.05. The molecular formula is C18H19Cl2N3O3. The van der Waals surface area contributed by atoms with E-state index >= 15 is 0 Å². The first-order valence-corrected chi connectivity index (χ1v) is 8.94. The van der Waals surface area contributed by atoms with E-state index in [2.05, 4.69) is 4.98 Å². The van der Waals surface area contributed by atoms with Gasteiger partial charge in [-0.3, -0.25) is 9.69 Å². The predicted octanol–water partition coefficient (Wildman–Crippen LogP) is 4.13. The van der Waals surface area contributed by atoms with Gasteiger partial charge < -0.3 is 9.64 Å². The van der Waals surface area contributed by atoms with Crippen LogP contribution in [-0.2, 0) is 9.53 Å². The maximum absolute atomic E-state index is 12.5. The number of carbonyl (C=O) groups excluding carboxylic acids is 2. The van der Waals surface area contributed by atoms with Crippen molar-refractivity contribution in [2.24, 2.45) is 0 Å². The van der Waals surface area contributed by atoms with Crippen molar-refractivity contribution in [3.05, 3.63) is 34.4 Å². The van der Waals surface area contributed by atoms with E-state index < -0.39 is 11.7 Å². The molecule has 1 aromatic heterocycles. The number of carbonyl (C=O) groups is 2. The first-order valence-electron chi connectivity index (χ1n) is 8.18. The smallest absolute Gasteiger partial charge is 0.410 e. The Bertz CT molecular complexity index is 880.